The molecule has 0 saturated heterocycles. The molecule has 0 aliphatic carbocycles. The Morgan fingerprint density at radius 3 is 2.25 bits per heavy atom. The Bertz CT molecular complexity index is 2400. The van der Waals surface area contributed by atoms with Gasteiger partial charge < -0.3 is 9.30 Å². The molecule has 0 unspecified atom stereocenters. The number of aromatic nitrogens is 4. The van der Waals surface area contributed by atoms with Crippen molar-refractivity contribution < 1.29 is 25.8 Å². The number of nitrogens with zero attached hydrogens (tertiary/aromatic N) is 4. The number of benzene rings is 4. The molecular formula is C47H50N4OPt. The summed E-state index contributed by atoms with van der Waals surface area (Å²) in [6.07, 6.45) is 3.74. The van der Waals surface area contributed by atoms with Crippen molar-refractivity contribution in [1.29, 1.82) is 0 Å². The summed E-state index contributed by atoms with van der Waals surface area (Å²) in [5.74, 6) is 2.41. The Kier molecular flexibility index (Phi) is 10.6. The predicted molar refractivity (Wildman–Crippen MR) is 215 cm³/mol. The minimum Gasteiger partial charge on any atom is -0.509 e. The van der Waals surface area contributed by atoms with E-state index in [9.17, 15) is 0 Å². The fraction of sp³-hybridized carbons (Fsp3) is 0.319. The minimum atomic E-state index is -0.0180. The standard InChI is InChI=1S/C47H50N4O.Pt/c1-11-41-45(33-15-13-12-14-16-33)31(4)49-51(41)36-24-34(30(2)3)25-38(27-36)52-37-18-19-39-40-23-32(29-46(5,6)7)17-20-42(40)50(43(39)28-37)44-26-35(21-22-48-44)47(8,9)10;/h12-26,30H,11,29H2,1-10H3;/q-2;+2. The van der Waals surface area contributed by atoms with Crippen molar-refractivity contribution in [3.8, 4) is 34.1 Å². The molecule has 5 nitrogen and oxygen atoms in total. The average molecular weight is 882 g/mol. The van der Waals surface area contributed by atoms with Gasteiger partial charge in [-0.15, -0.1) is 41.3 Å². The van der Waals surface area contributed by atoms with Crippen LogP contribution < -0.4 is 4.74 Å². The number of ether oxygens (including phenoxy) is 1. The van der Waals surface area contributed by atoms with Crippen LogP contribution in [0.4, 0.5) is 0 Å². The molecule has 4 aromatic carbocycles. The number of pyridine rings is 1. The fourth-order valence-electron chi connectivity index (χ4n) is 7.25. The van der Waals surface area contributed by atoms with Crippen molar-refractivity contribution >= 4 is 21.8 Å². The van der Waals surface area contributed by atoms with Crippen molar-refractivity contribution in [2.24, 2.45) is 5.41 Å². The monoisotopic (exact) mass is 881 g/mol. The Labute approximate surface area is 329 Å². The van der Waals surface area contributed by atoms with Crippen LogP contribution in [0.25, 0.3) is 44.4 Å². The van der Waals surface area contributed by atoms with E-state index in [1.54, 1.807) is 0 Å². The van der Waals surface area contributed by atoms with Crippen LogP contribution in [-0.4, -0.2) is 19.3 Å². The number of hydrogen-bond acceptors (Lipinski definition) is 3. The summed E-state index contributed by atoms with van der Waals surface area (Å²) in [7, 11) is 0. The molecular weight excluding hydrogens is 832 g/mol. The number of aryl methyl sites for hydroxylation is 1. The van der Waals surface area contributed by atoms with Gasteiger partial charge in [-0.05, 0) is 82.5 Å². The largest absolute Gasteiger partial charge is 2.00 e. The SMILES string of the molecule is CCc1c(-c2ccccc2)c(C)nn1-c1[c-]c(Oc2[c-]c3c(cc2)c2cc(CC(C)(C)C)ccc2n3-c2cc(C(C)(C)C)ccn2)cc(C(C)C)c1.[Pt+2]. The predicted octanol–water partition coefficient (Wildman–Crippen LogP) is 12.3. The summed E-state index contributed by atoms with van der Waals surface area (Å²) in [4.78, 5) is 4.90. The molecule has 0 atom stereocenters. The van der Waals surface area contributed by atoms with Gasteiger partial charge in [0.1, 0.15) is 5.82 Å². The van der Waals surface area contributed by atoms with E-state index in [0.717, 1.165) is 57.7 Å². The molecule has 0 bridgehead atoms. The van der Waals surface area contributed by atoms with Gasteiger partial charge in [-0.25, -0.2) is 4.98 Å². The molecule has 3 aromatic heterocycles. The van der Waals surface area contributed by atoms with Gasteiger partial charge >= 0.3 is 21.1 Å². The van der Waals surface area contributed by atoms with E-state index in [1.165, 1.54) is 27.6 Å². The van der Waals surface area contributed by atoms with Gasteiger partial charge in [-0.3, -0.25) is 4.68 Å². The molecule has 6 heteroatoms. The van der Waals surface area contributed by atoms with E-state index in [1.807, 2.05) is 16.9 Å². The molecule has 3 heterocycles. The molecule has 7 aromatic rings. The van der Waals surface area contributed by atoms with Crippen LogP contribution in [0.3, 0.4) is 0 Å². The molecule has 0 amide bonds. The van der Waals surface area contributed by atoms with Crippen LogP contribution in [0.1, 0.15) is 96.3 Å². The second-order valence-electron chi connectivity index (χ2n) is 16.6. The molecule has 0 saturated carbocycles. The van der Waals surface area contributed by atoms with Gasteiger partial charge in [-0.2, -0.15) is 11.2 Å². The second kappa shape index (κ2) is 14.7. The van der Waals surface area contributed by atoms with Crippen molar-refractivity contribution in [3.05, 3.63) is 131 Å². The zero-order valence-electron chi connectivity index (χ0n) is 32.7. The average Bonchev–Trinajstić information content (AvgIpc) is 3.61. The van der Waals surface area contributed by atoms with Gasteiger partial charge in [-0.1, -0.05) is 110 Å². The van der Waals surface area contributed by atoms with Crippen molar-refractivity contribution in [2.45, 2.75) is 93.4 Å². The number of fused-ring (bicyclic) bond motifs is 3. The first-order chi connectivity index (χ1) is 24.7. The third kappa shape index (κ3) is 7.78. The summed E-state index contributed by atoms with van der Waals surface area (Å²) in [5.41, 5.74) is 11.3. The fourth-order valence-corrected chi connectivity index (χ4v) is 7.25. The third-order valence-electron chi connectivity index (χ3n) is 9.81. The summed E-state index contributed by atoms with van der Waals surface area (Å²) < 4.78 is 11.0. The molecule has 7 rings (SSSR count). The van der Waals surface area contributed by atoms with Crippen LogP contribution in [0.15, 0.2) is 91.1 Å². The van der Waals surface area contributed by atoms with E-state index in [-0.39, 0.29) is 37.8 Å². The van der Waals surface area contributed by atoms with Gasteiger partial charge in [0.2, 0.25) is 0 Å². The van der Waals surface area contributed by atoms with E-state index >= 15 is 0 Å². The number of rotatable bonds is 8. The topological polar surface area (TPSA) is 44.9 Å². The summed E-state index contributed by atoms with van der Waals surface area (Å²) in [6, 6.07) is 37.4. The molecule has 274 valence electrons. The third-order valence-corrected chi connectivity index (χ3v) is 9.81. The molecule has 53 heavy (non-hydrogen) atoms. The zero-order valence-corrected chi connectivity index (χ0v) is 34.9. The maximum Gasteiger partial charge on any atom is 2.00 e. The van der Waals surface area contributed by atoms with Crippen LogP contribution in [-0.2, 0) is 39.3 Å². The molecule has 0 aliphatic rings. The summed E-state index contributed by atoms with van der Waals surface area (Å²) in [5, 5.41) is 7.36. The van der Waals surface area contributed by atoms with Gasteiger partial charge in [0, 0.05) is 34.5 Å². The maximum atomic E-state index is 6.70. The van der Waals surface area contributed by atoms with E-state index in [2.05, 4.69) is 165 Å². The first-order valence-corrected chi connectivity index (χ1v) is 18.6. The minimum absolute atomic E-state index is 0. The smallest absolute Gasteiger partial charge is 0.509 e. The van der Waals surface area contributed by atoms with Gasteiger partial charge in [0.15, 0.2) is 0 Å². The Morgan fingerprint density at radius 2 is 1.57 bits per heavy atom. The second-order valence-corrected chi connectivity index (χ2v) is 16.6. The number of hydrogen-bond donors (Lipinski definition) is 0. The molecule has 0 fully saturated rings. The van der Waals surface area contributed by atoms with E-state index in [4.69, 9.17) is 14.8 Å². The Morgan fingerprint density at radius 1 is 0.811 bits per heavy atom. The first kappa shape index (κ1) is 38.3. The Hall–Kier alpha value is -4.47. The van der Waals surface area contributed by atoms with Crippen molar-refractivity contribution in [2.75, 3.05) is 0 Å². The zero-order chi connectivity index (χ0) is 36.9. The Balaban J connectivity index is 0.00000481. The van der Waals surface area contributed by atoms with Crippen LogP contribution in [0.2, 0.25) is 0 Å². The summed E-state index contributed by atoms with van der Waals surface area (Å²) >= 11 is 0. The van der Waals surface area contributed by atoms with Crippen LogP contribution in [0.5, 0.6) is 11.5 Å². The maximum absolute atomic E-state index is 6.70. The molecule has 0 radical (unpaired) electrons. The van der Waals surface area contributed by atoms with Gasteiger partial charge in [0.25, 0.3) is 0 Å². The molecule has 0 aliphatic heterocycles. The van der Waals surface area contributed by atoms with E-state index < -0.39 is 0 Å². The van der Waals surface area contributed by atoms with Crippen LogP contribution in [0, 0.1) is 24.5 Å². The van der Waals surface area contributed by atoms with E-state index in [0.29, 0.717) is 11.5 Å². The summed E-state index contributed by atoms with van der Waals surface area (Å²) in [6.45, 7) is 22.3. The molecule has 0 N–H and O–H groups in total. The van der Waals surface area contributed by atoms with Crippen molar-refractivity contribution in [3.63, 3.8) is 0 Å². The quantitative estimate of drug-likeness (QED) is 0.143. The first-order valence-electron chi connectivity index (χ1n) is 18.6. The molecule has 0 spiro atoms. The van der Waals surface area contributed by atoms with Crippen molar-refractivity contribution in [1.82, 2.24) is 19.3 Å². The van der Waals surface area contributed by atoms with Gasteiger partial charge in [0.05, 0.1) is 5.69 Å². The normalized spacial score (nSPS) is 12.1. The van der Waals surface area contributed by atoms with Crippen LogP contribution >= 0.6 is 0 Å².